The number of methoxy groups -OCH3 is 1. The van der Waals surface area contributed by atoms with Crippen LogP contribution in [0.5, 0.6) is 6.01 Å². The minimum atomic E-state index is -0.808. The average molecular weight is 377 g/mol. The molecule has 0 radical (unpaired) electrons. The third-order valence-electron chi connectivity index (χ3n) is 6.45. The number of hydrogen-bond donors (Lipinski definition) is 1. The normalized spacial score (nSPS) is 33.3. The number of aromatic amines is 1. The molecule has 2 aromatic rings. The summed E-state index contributed by atoms with van der Waals surface area (Å²) in [5, 5.41) is 0. The van der Waals surface area contributed by atoms with Crippen LogP contribution in [0.4, 0.5) is 4.39 Å². The van der Waals surface area contributed by atoms with Gasteiger partial charge in [0.15, 0.2) is 11.2 Å². The molecule has 2 atom stereocenters. The zero-order chi connectivity index (χ0) is 18.6. The fraction of sp³-hybridized carbons (Fsp3) is 0.722. The first kappa shape index (κ1) is 17.1. The van der Waals surface area contributed by atoms with Crippen LogP contribution in [0.1, 0.15) is 38.1 Å². The standard InChI is InChI=1S/C18H24FN5O3/c1-26-13-5-12(6-13)24-10-20-15-14(24)16(25)22-17(21-15)27-9-18-3-2-4-23(18)8-11(19)7-18/h10-13H,2-9H2,1H3,(H,21,22,25)/t11-,12?,13?,18+/m1/s1. The first-order valence-corrected chi connectivity index (χ1v) is 9.59. The summed E-state index contributed by atoms with van der Waals surface area (Å²) < 4.78 is 26.9. The molecule has 0 bridgehead atoms. The molecular formula is C18H24FN5O3. The predicted octanol–water partition coefficient (Wildman–Crippen LogP) is 1.42. The van der Waals surface area contributed by atoms with Crippen LogP contribution < -0.4 is 10.3 Å². The third kappa shape index (κ3) is 2.75. The molecule has 5 rings (SSSR count). The van der Waals surface area contributed by atoms with Crippen LogP contribution in [-0.2, 0) is 4.74 Å². The van der Waals surface area contributed by atoms with Crippen LogP contribution in [-0.4, -0.2) is 69.0 Å². The van der Waals surface area contributed by atoms with E-state index in [4.69, 9.17) is 9.47 Å². The minimum absolute atomic E-state index is 0.157. The molecule has 1 N–H and O–H groups in total. The van der Waals surface area contributed by atoms with E-state index in [1.807, 2.05) is 4.57 Å². The van der Waals surface area contributed by atoms with Crippen molar-refractivity contribution in [3.63, 3.8) is 0 Å². The molecule has 3 aliphatic rings. The lowest BCUT2D eigenvalue weighted by molar-refractivity contribution is 0.00728. The fourth-order valence-corrected chi connectivity index (χ4v) is 4.89. The first-order chi connectivity index (χ1) is 13.1. The summed E-state index contributed by atoms with van der Waals surface area (Å²) in [5.74, 6) is 0. The van der Waals surface area contributed by atoms with E-state index < -0.39 is 6.17 Å². The van der Waals surface area contributed by atoms with Crippen LogP contribution in [0.2, 0.25) is 0 Å². The maximum Gasteiger partial charge on any atom is 0.298 e. The van der Waals surface area contributed by atoms with E-state index in [-0.39, 0.29) is 29.3 Å². The van der Waals surface area contributed by atoms with Crippen molar-refractivity contribution < 1.29 is 13.9 Å². The van der Waals surface area contributed by atoms with Crippen molar-refractivity contribution in [2.24, 2.45) is 0 Å². The largest absolute Gasteiger partial charge is 0.463 e. The van der Waals surface area contributed by atoms with Crippen molar-refractivity contribution in [3.05, 3.63) is 16.7 Å². The molecule has 0 aromatic carbocycles. The zero-order valence-electron chi connectivity index (χ0n) is 15.4. The van der Waals surface area contributed by atoms with Gasteiger partial charge in [-0.2, -0.15) is 4.98 Å². The Morgan fingerprint density at radius 2 is 2.30 bits per heavy atom. The van der Waals surface area contributed by atoms with E-state index in [9.17, 15) is 9.18 Å². The van der Waals surface area contributed by atoms with Crippen LogP contribution in [0.25, 0.3) is 11.2 Å². The SMILES string of the molecule is COC1CC(n2cnc3nc(OC[C@@]45CCCN4C[C@H](F)C5)[nH]c(=O)c32)C1. The van der Waals surface area contributed by atoms with Crippen molar-refractivity contribution in [2.75, 3.05) is 26.8 Å². The number of imidazole rings is 1. The Balaban J connectivity index is 1.36. The van der Waals surface area contributed by atoms with Gasteiger partial charge in [0.1, 0.15) is 12.8 Å². The van der Waals surface area contributed by atoms with Crippen LogP contribution in [0, 0.1) is 0 Å². The monoisotopic (exact) mass is 377 g/mol. The molecule has 2 saturated heterocycles. The number of ether oxygens (including phenoxy) is 2. The Bertz CT molecular complexity index is 908. The van der Waals surface area contributed by atoms with Crippen LogP contribution in [0.15, 0.2) is 11.1 Å². The Morgan fingerprint density at radius 1 is 1.44 bits per heavy atom. The Hall–Kier alpha value is -2.00. The van der Waals surface area contributed by atoms with Gasteiger partial charge >= 0.3 is 0 Å². The average Bonchev–Trinajstić information content (AvgIpc) is 3.25. The number of H-pyrrole nitrogens is 1. The van der Waals surface area contributed by atoms with Gasteiger partial charge in [0.2, 0.25) is 0 Å². The molecule has 0 spiro atoms. The lowest BCUT2D eigenvalue weighted by Gasteiger charge is -2.35. The fourth-order valence-electron chi connectivity index (χ4n) is 4.89. The van der Waals surface area contributed by atoms with E-state index in [0.717, 1.165) is 32.2 Å². The van der Waals surface area contributed by atoms with E-state index in [1.165, 1.54) is 0 Å². The quantitative estimate of drug-likeness (QED) is 0.848. The van der Waals surface area contributed by atoms with Gasteiger partial charge in [-0.25, -0.2) is 9.37 Å². The highest BCUT2D eigenvalue weighted by molar-refractivity contribution is 5.70. The van der Waals surface area contributed by atoms with E-state index in [2.05, 4.69) is 19.9 Å². The molecule has 146 valence electrons. The Morgan fingerprint density at radius 3 is 3.11 bits per heavy atom. The minimum Gasteiger partial charge on any atom is -0.463 e. The van der Waals surface area contributed by atoms with Crippen LogP contribution >= 0.6 is 0 Å². The van der Waals surface area contributed by atoms with Crippen molar-refractivity contribution in [1.82, 2.24) is 24.4 Å². The zero-order valence-corrected chi connectivity index (χ0v) is 15.4. The molecule has 27 heavy (non-hydrogen) atoms. The highest BCUT2D eigenvalue weighted by atomic mass is 19.1. The van der Waals surface area contributed by atoms with Crippen molar-refractivity contribution in [3.8, 4) is 6.01 Å². The number of nitrogens with zero attached hydrogens (tertiary/aromatic N) is 4. The number of fused-ring (bicyclic) bond motifs is 2. The third-order valence-corrected chi connectivity index (χ3v) is 6.45. The Labute approximate surface area is 155 Å². The summed E-state index contributed by atoms with van der Waals surface area (Å²) in [6.07, 6.45) is 5.26. The molecule has 3 fully saturated rings. The number of rotatable bonds is 5. The molecule has 0 unspecified atom stereocenters. The van der Waals surface area contributed by atoms with Gasteiger partial charge in [-0.05, 0) is 32.2 Å². The van der Waals surface area contributed by atoms with E-state index in [0.29, 0.717) is 30.7 Å². The molecule has 2 aromatic heterocycles. The van der Waals surface area contributed by atoms with E-state index >= 15 is 0 Å². The van der Waals surface area contributed by atoms with Gasteiger partial charge in [0, 0.05) is 26.1 Å². The molecule has 9 heteroatoms. The second-order valence-corrected chi connectivity index (χ2v) is 8.04. The summed E-state index contributed by atoms with van der Waals surface area (Å²) in [7, 11) is 1.70. The van der Waals surface area contributed by atoms with Crippen molar-refractivity contribution in [2.45, 2.75) is 56.0 Å². The highest BCUT2D eigenvalue weighted by Crippen LogP contribution is 2.40. The summed E-state index contributed by atoms with van der Waals surface area (Å²) >= 11 is 0. The summed E-state index contributed by atoms with van der Waals surface area (Å²) in [4.78, 5) is 26.2. The topological polar surface area (TPSA) is 85.3 Å². The van der Waals surface area contributed by atoms with Crippen molar-refractivity contribution in [1.29, 1.82) is 0 Å². The number of halogens is 1. The Kier molecular flexibility index (Phi) is 3.98. The second-order valence-electron chi connectivity index (χ2n) is 8.04. The van der Waals surface area contributed by atoms with Gasteiger partial charge in [-0.1, -0.05) is 0 Å². The molecule has 1 saturated carbocycles. The van der Waals surface area contributed by atoms with Gasteiger partial charge in [-0.15, -0.1) is 0 Å². The molecule has 1 aliphatic carbocycles. The smallest absolute Gasteiger partial charge is 0.298 e. The molecule has 8 nitrogen and oxygen atoms in total. The molecule has 0 amide bonds. The predicted molar refractivity (Wildman–Crippen MR) is 95.8 cm³/mol. The number of alkyl halides is 1. The summed E-state index contributed by atoms with van der Waals surface area (Å²) in [5.41, 5.74) is 0.314. The molecule has 2 aliphatic heterocycles. The maximum atomic E-state index is 13.9. The lowest BCUT2D eigenvalue weighted by Crippen LogP contribution is -2.43. The number of hydrogen-bond acceptors (Lipinski definition) is 6. The second kappa shape index (κ2) is 6.27. The molecule has 4 heterocycles. The van der Waals surface area contributed by atoms with Gasteiger partial charge in [0.25, 0.3) is 11.6 Å². The lowest BCUT2D eigenvalue weighted by atomic mass is 9.89. The number of nitrogens with one attached hydrogen (secondary N) is 1. The summed E-state index contributed by atoms with van der Waals surface area (Å²) in [6.45, 7) is 1.71. The number of aromatic nitrogens is 4. The van der Waals surface area contributed by atoms with Crippen molar-refractivity contribution >= 4 is 11.2 Å². The van der Waals surface area contributed by atoms with Gasteiger partial charge in [0.05, 0.1) is 18.0 Å². The van der Waals surface area contributed by atoms with Gasteiger partial charge in [-0.3, -0.25) is 14.7 Å². The first-order valence-electron chi connectivity index (χ1n) is 9.59. The maximum absolute atomic E-state index is 13.9. The summed E-state index contributed by atoms with van der Waals surface area (Å²) in [6, 6.07) is 0.366. The van der Waals surface area contributed by atoms with Crippen LogP contribution in [0.3, 0.4) is 0 Å². The van der Waals surface area contributed by atoms with Gasteiger partial charge < -0.3 is 14.0 Å². The highest BCUT2D eigenvalue weighted by Gasteiger charge is 2.49. The van der Waals surface area contributed by atoms with E-state index in [1.54, 1.807) is 13.4 Å². The molecular weight excluding hydrogens is 353 g/mol.